The van der Waals surface area contributed by atoms with Crippen LogP contribution >= 0.6 is 10.3 Å². The maximum Gasteiger partial charge on any atom is 0.307 e. The molecule has 0 radical (unpaired) electrons. The SMILES string of the molecule is CN(C)c1ccc(S(OS(=O)(=O)c2ccc(C(C)(C)C)cc2)(c2ccc(N(C)C)cc2)c2ccc(N(C)C)cc2)cc1. The molecular weight excluding hydrogens is 563 g/mol. The Morgan fingerprint density at radius 2 is 0.762 bits per heavy atom. The summed E-state index contributed by atoms with van der Waals surface area (Å²) in [5, 5.41) is 0. The molecule has 0 N–H and O–H groups in total. The van der Waals surface area contributed by atoms with Gasteiger partial charge in [0.25, 0.3) is 0 Å². The van der Waals surface area contributed by atoms with Gasteiger partial charge < -0.3 is 14.7 Å². The second-order valence-electron chi connectivity index (χ2n) is 12.0. The van der Waals surface area contributed by atoms with E-state index in [9.17, 15) is 8.42 Å². The van der Waals surface area contributed by atoms with Gasteiger partial charge in [0, 0.05) is 74.0 Å². The minimum atomic E-state index is -4.20. The van der Waals surface area contributed by atoms with Crippen LogP contribution in [0.15, 0.2) is 117 Å². The molecule has 0 aliphatic rings. The van der Waals surface area contributed by atoms with Crippen LogP contribution in [0.25, 0.3) is 0 Å². The molecule has 4 aromatic carbocycles. The number of nitrogens with zero attached hydrogens (tertiary/aromatic N) is 3. The Balaban J connectivity index is 1.99. The average molecular weight is 606 g/mol. The highest BCUT2D eigenvalue weighted by Crippen LogP contribution is 2.70. The van der Waals surface area contributed by atoms with E-state index in [0.29, 0.717) is 0 Å². The molecule has 0 bridgehead atoms. The molecule has 0 heterocycles. The highest BCUT2D eigenvalue weighted by molar-refractivity contribution is 8.33. The summed E-state index contributed by atoms with van der Waals surface area (Å²) in [7, 11) is 4.95. The van der Waals surface area contributed by atoms with Crippen LogP contribution in [0.4, 0.5) is 17.1 Å². The first-order valence-electron chi connectivity index (χ1n) is 13.9. The van der Waals surface area contributed by atoms with Crippen LogP contribution in [0.2, 0.25) is 0 Å². The third-order valence-corrected chi connectivity index (χ3v) is 12.4. The number of anilines is 3. The molecule has 6 nitrogen and oxygen atoms in total. The maximum absolute atomic E-state index is 14.2. The Labute approximate surface area is 254 Å². The summed E-state index contributed by atoms with van der Waals surface area (Å²) in [6, 6.07) is 31.0. The van der Waals surface area contributed by atoms with E-state index < -0.39 is 20.4 Å². The summed E-state index contributed by atoms with van der Waals surface area (Å²) in [5.74, 6) is 0. The highest BCUT2D eigenvalue weighted by Gasteiger charge is 2.38. The van der Waals surface area contributed by atoms with Crippen molar-refractivity contribution in [3.63, 3.8) is 0 Å². The standard InChI is InChI=1S/C34H43N3O3S2/c1-34(2,3)26-10-18-33(19-11-26)42(38,39)40-41(30-20-12-27(13-21-30)35(4)5,31-22-14-28(15-23-31)36(6)7)32-24-16-29(17-25-32)37(8)9/h10-25H,1-9H3. The minimum Gasteiger partial charge on any atom is -0.378 e. The van der Waals surface area contributed by atoms with Gasteiger partial charge in [-0.15, -0.1) is 0 Å². The Morgan fingerprint density at radius 3 is 1.02 bits per heavy atom. The van der Waals surface area contributed by atoms with Gasteiger partial charge in [0.1, 0.15) is 0 Å². The van der Waals surface area contributed by atoms with Crippen LogP contribution in [0, 0.1) is 0 Å². The van der Waals surface area contributed by atoms with E-state index in [4.69, 9.17) is 3.63 Å². The van der Waals surface area contributed by atoms with Crippen molar-refractivity contribution in [2.24, 2.45) is 0 Å². The molecule has 4 rings (SSSR count). The number of hydrogen-bond acceptors (Lipinski definition) is 6. The van der Waals surface area contributed by atoms with Crippen molar-refractivity contribution < 1.29 is 12.0 Å². The summed E-state index contributed by atoms with van der Waals surface area (Å²) in [6.45, 7) is 6.32. The first-order chi connectivity index (χ1) is 19.6. The second-order valence-corrected chi connectivity index (χ2v) is 16.5. The lowest BCUT2D eigenvalue weighted by molar-refractivity contribution is 0.508. The Morgan fingerprint density at radius 1 is 0.476 bits per heavy atom. The second kappa shape index (κ2) is 12.0. The Bertz CT molecular complexity index is 1460. The fourth-order valence-corrected chi connectivity index (χ4v) is 9.81. The lowest BCUT2D eigenvalue weighted by Crippen LogP contribution is -2.16. The van der Waals surface area contributed by atoms with E-state index in [-0.39, 0.29) is 10.3 Å². The molecule has 0 saturated carbocycles. The van der Waals surface area contributed by atoms with Crippen LogP contribution in [0.1, 0.15) is 26.3 Å². The molecule has 0 spiro atoms. The fourth-order valence-electron chi connectivity index (χ4n) is 4.63. The summed E-state index contributed by atoms with van der Waals surface area (Å²) in [6.07, 6.45) is 0. The molecule has 0 saturated heterocycles. The molecular formula is C34H43N3O3S2. The van der Waals surface area contributed by atoms with E-state index in [0.717, 1.165) is 37.3 Å². The van der Waals surface area contributed by atoms with Gasteiger partial charge in [-0.25, -0.2) is 3.63 Å². The topological polar surface area (TPSA) is 53.1 Å². The molecule has 0 amide bonds. The molecule has 0 unspecified atom stereocenters. The first-order valence-corrected chi connectivity index (χ1v) is 16.8. The van der Waals surface area contributed by atoms with Gasteiger partial charge in [-0.2, -0.15) is 8.42 Å². The van der Waals surface area contributed by atoms with Crippen molar-refractivity contribution in [2.75, 3.05) is 57.0 Å². The molecule has 0 aliphatic heterocycles. The monoisotopic (exact) mass is 605 g/mol. The van der Waals surface area contributed by atoms with E-state index in [1.54, 1.807) is 12.1 Å². The van der Waals surface area contributed by atoms with Crippen LogP contribution in [-0.4, -0.2) is 50.7 Å². The third-order valence-electron chi connectivity index (χ3n) is 7.26. The van der Waals surface area contributed by atoms with Crippen molar-refractivity contribution in [3.8, 4) is 0 Å². The minimum absolute atomic E-state index is 0.102. The van der Waals surface area contributed by atoms with E-state index in [1.807, 2.05) is 142 Å². The number of hydrogen-bond donors (Lipinski definition) is 0. The first kappa shape index (κ1) is 31.5. The third kappa shape index (κ3) is 6.46. The summed E-state index contributed by atoms with van der Waals surface area (Å²) in [5.41, 5.74) is 3.99. The van der Waals surface area contributed by atoms with Crippen molar-refractivity contribution in [3.05, 3.63) is 103 Å². The Hall–Kier alpha value is -3.46. The average Bonchev–Trinajstić information content (AvgIpc) is 2.95. The normalized spacial score (nSPS) is 12.6. The van der Waals surface area contributed by atoms with Crippen LogP contribution in [0.3, 0.4) is 0 Å². The molecule has 8 heteroatoms. The molecule has 0 atom stereocenters. The molecule has 224 valence electrons. The van der Waals surface area contributed by atoms with Crippen LogP contribution in [0.5, 0.6) is 0 Å². The van der Waals surface area contributed by atoms with Crippen LogP contribution in [-0.2, 0) is 19.2 Å². The van der Waals surface area contributed by atoms with E-state index >= 15 is 0 Å². The molecule has 4 aromatic rings. The zero-order valence-corrected chi connectivity index (χ0v) is 27.8. The van der Waals surface area contributed by atoms with Crippen molar-refractivity contribution in [1.82, 2.24) is 0 Å². The predicted molar refractivity (Wildman–Crippen MR) is 178 cm³/mol. The number of rotatable bonds is 9. The van der Waals surface area contributed by atoms with Gasteiger partial charge in [0.05, 0.1) is 4.90 Å². The van der Waals surface area contributed by atoms with Gasteiger partial charge in [-0.1, -0.05) is 32.9 Å². The zero-order chi connectivity index (χ0) is 30.9. The maximum atomic E-state index is 14.2. The van der Waals surface area contributed by atoms with Gasteiger partial charge in [0.2, 0.25) is 0 Å². The highest BCUT2D eigenvalue weighted by atomic mass is 32.3. The van der Waals surface area contributed by atoms with Gasteiger partial charge in [-0.05, 0) is 106 Å². The smallest absolute Gasteiger partial charge is 0.307 e. The lowest BCUT2D eigenvalue weighted by atomic mass is 9.87. The molecule has 42 heavy (non-hydrogen) atoms. The summed E-state index contributed by atoms with van der Waals surface area (Å²) in [4.78, 5) is 8.56. The zero-order valence-electron chi connectivity index (χ0n) is 26.1. The predicted octanol–water partition coefficient (Wildman–Crippen LogP) is 7.78. The van der Waals surface area contributed by atoms with Crippen molar-refractivity contribution in [2.45, 2.75) is 45.8 Å². The van der Waals surface area contributed by atoms with Crippen molar-refractivity contribution in [1.29, 1.82) is 0 Å². The lowest BCUT2D eigenvalue weighted by Gasteiger charge is -2.40. The van der Waals surface area contributed by atoms with E-state index in [2.05, 4.69) is 20.8 Å². The van der Waals surface area contributed by atoms with Gasteiger partial charge in [-0.3, -0.25) is 0 Å². The molecule has 0 aliphatic carbocycles. The molecule has 0 fully saturated rings. The quantitative estimate of drug-likeness (QED) is 0.194. The fraction of sp³-hybridized carbons (Fsp3) is 0.294. The molecule has 0 aromatic heterocycles. The van der Waals surface area contributed by atoms with Gasteiger partial charge in [0.15, 0.2) is 0 Å². The largest absolute Gasteiger partial charge is 0.378 e. The van der Waals surface area contributed by atoms with Crippen LogP contribution < -0.4 is 14.7 Å². The van der Waals surface area contributed by atoms with E-state index in [1.165, 1.54) is 0 Å². The number of benzene rings is 4. The van der Waals surface area contributed by atoms with Gasteiger partial charge >= 0.3 is 10.1 Å². The summed E-state index contributed by atoms with van der Waals surface area (Å²) >= 11 is 0. The van der Waals surface area contributed by atoms with Crippen molar-refractivity contribution >= 4 is 37.5 Å². The Kier molecular flexibility index (Phi) is 9.02. The summed E-state index contributed by atoms with van der Waals surface area (Å²) < 4.78 is 35.1.